The van der Waals surface area contributed by atoms with E-state index in [0.717, 1.165) is 0 Å². The van der Waals surface area contributed by atoms with Gasteiger partial charge in [0, 0.05) is 0 Å². The topological polar surface area (TPSA) is 76.0 Å². The highest BCUT2D eigenvalue weighted by Gasteiger charge is 2.21. The third-order valence-electron chi connectivity index (χ3n) is 2.71. The SMILES string of the molecule is CC(Cc1ccc2c(c1O)OCCO2)C(=O)O. The molecule has 0 saturated carbocycles. The van der Waals surface area contributed by atoms with Crippen molar-refractivity contribution < 1.29 is 24.5 Å². The van der Waals surface area contributed by atoms with Gasteiger partial charge in [0.2, 0.25) is 5.75 Å². The van der Waals surface area contributed by atoms with Crippen molar-refractivity contribution >= 4 is 5.97 Å². The molecule has 5 heteroatoms. The molecule has 1 heterocycles. The van der Waals surface area contributed by atoms with E-state index in [2.05, 4.69) is 0 Å². The Hall–Kier alpha value is -1.91. The van der Waals surface area contributed by atoms with Crippen molar-refractivity contribution in [3.8, 4) is 17.2 Å². The van der Waals surface area contributed by atoms with Crippen molar-refractivity contribution in [2.75, 3.05) is 13.2 Å². The molecule has 0 aromatic heterocycles. The minimum atomic E-state index is -0.890. The Morgan fingerprint density at radius 3 is 2.82 bits per heavy atom. The van der Waals surface area contributed by atoms with Crippen molar-refractivity contribution in [1.29, 1.82) is 0 Å². The molecular weight excluding hydrogens is 224 g/mol. The summed E-state index contributed by atoms with van der Waals surface area (Å²) in [6.45, 7) is 2.44. The zero-order valence-corrected chi connectivity index (χ0v) is 9.47. The Kier molecular flexibility index (Phi) is 3.08. The summed E-state index contributed by atoms with van der Waals surface area (Å²) in [6, 6.07) is 3.36. The fourth-order valence-electron chi connectivity index (χ4n) is 1.72. The quantitative estimate of drug-likeness (QED) is 0.833. The van der Waals surface area contributed by atoms with Crippen LogP contribution < -0.4 is 9.47 Å². The number of carboxylic acid groups (broad SMARTS) is 1. The van der Waals surface area contributed by atoms with Gasteiger partial charge in [-0.15, -0.1) is 0 Å². The van der Waals surface area contributed by atoms with Gasteiger partial charge in [-0.05, 0) is 18.1 Å². The molecule has 1 aromatic carbocycles. The molecule has 0 radical (unpaired) electrons. The molecule has 0 amide bonds. The Morgan fingerprint density at radius 2 is 2.12 bits per heavy atom. The van der Waals surface area contributed by atoms with Gasteiger partial charge in [0.15, 0.2) is 11.5 Å². The summed E-state index contributed by atoms with van der Waals surface area (Å²) in [6.07, 6.45) is 0.262. The first-order valence-corrected chi connectivity index (χ1v) is 5.43. The number of benzene rings is 1. The maximum Gasteiger partial charge on any atom is 0.306 e. The number of aromatic hydroxyl groups is 1. The second-order valence-electron chi connectivity index (χ2n) is 4.04. The van der Waals surface area contributed by atoms with Gasteiger partial charge in [-0.1, -0.05) is 13.0 Å². The summed E-state index contributed by atoms with van der Waals surface area (Å²) in [5, 5.41) is 18.8. The summed E-state index contributed by atoms with van der Waals surface area (Å²) in [5.41, 5.74) is 0.559. The molecule has 0 aliphatic carbocycles. The molecule has 0 bridgehead atoms. The second kappa shape index (κ2) is 4.53. The third-order valence-corrected chi connectivity index (χ3v) is 2.71. The van der Waals surface area contributed by atoms with E-state index in [4.69, 9.17) is 14.6 Å². The van der Waals surface area contributed by atoms with Crippen molar-refractivity contribution in [1.82, 2.24) is 0 Å². The lowest BCUT2D eigenvalue weighted by Crippen LogP contribution is -2.16. The highest BCUT2D eigenvalue weighted by atomic mass is 16.6. The molecule has 1 aromatic rings. The lowest BCUT2D eigenvalue weighted by molar-refractivity contribution is -0.141. The molecule has 1 aliphatic rings. The van der Waals surface area contributed by atoms with Crippen LogP contribution in [0.4, 0.5) is 0 Å². The number of carboxylic acids is 1. The number of hydrogen-bond acceptors (Lipinski definition) is 4. The van der Waals surface area contributed by atoms with E-state index in [-0.39, 0.29) is 12.2 Å². The minimum Gasteiger partial charge on any atom is -0.504 e. The van der Waals surface area contributed by atoms with E-state index in [1.807, 2.05) is 0 Å². The van der Waals surface area contributed by atoms with E-state index >= 15 is 0 Å². The van der Waals surface area contributed by atoms with Crippen LogP contribution in [0.15, 0.2) is 12.1 Å². The van der Waals surface area contributed by atoms with Gasteiger partial charge in [0.25, 0.3) is 0 Å². The molecule has 2 rings (SSSR count). The van der Waals surface area contributed by atoms with Gasteiger partial charge in [-0.25, -0.2) is 0 Å². The molecular formula is C12H14O5. The van der Waals surface area contributed by atoms with Gasteiger partial charge in [0.1, 0.15) is 13.2 Å². The zero-order chi connectivity index (χ0) is 12.4. The number of fused-ring (bicyclic) bond motifs is 1. The van der Waals surface area contributed by atoms with Crippen LogP contribution in [-0.4, -0.2) is 29.4 Å². The monoisotopic (exact) mass is 238 g/mol. The lowest BCUT2D eigenvalue weighted by atomic mass is 10.00. The van der Waals surface area contributed by atoms with E-state index in [1.54, 1.807) is 19.1 Å². The van der Waals surface area contributed by atoms with Crippen molar-refractivity contribution in [3.05, 3.63) is 17.7 Å². The van der Waals surface area contributed by atoms with Gasteiger partial charge < -0.3 is 19.7 Å². The maximum atomic E-state index is 10.8. The normalized spacial score (nSPS) is 15.4. The van der Waals surface area contributed by atoms with Crippen LogP contribution >= 0.6 is 0 Å². The summed E-state index contributed by atoms with van der Waals surface area (Å²) in [5.74, 6) is -0.648. The van der Waals surface area contributed by atoms with Crippen LogP contribution in [0.1, 0.15) is 12.5 Å². The van der Waals surface area contributed by atoms with Crippen molar-refractivity contribution in [3.63, 3.8) is 0 Å². The lowest BCUT2D eigenvalue weighted by Gasteiger charge is -2.20. The smallest absolute Gasteiger partial charge is 0.306 e. The number of ether oxygens (including phenoxy) is 2. The largest absolute Gasteiger partial charge is 0.504 e. The maximum absolute atomic E-state index is 10.8. The first-order valence-electron chi connectivity index (χ1n) is 5.43. The van der Waals surface area contributed by atoms with E-state index in [9.17, 15) is 9.90 Å². The Labute approximate surface area is 98.6 Å². The van der Waals surface area contributed by atoms with Crippen LogP contribution in [0.3, 0.4) is 0 Å². The van der Waals surface area contributed by atoms with Crippen LogP contribution in [0.25, 0.3) is 0 Å². The standard InChI is InChI=1S/C12H14O5/c1-7(12(14)15)6-8-2-3-9-11(10(8)13)17-5-4-16-9/h2-3,7,13H,4-6H2,1H3,(H,14,15). The van der Waals surface area contributed by atoms with Crippen LogP contribution in [0, 0.1) is 5.92 Å². The Bertz CT molecular complexity index is 441. The predicted molar refractivity (Wildman–Crippen MR) is 59.6 cm³/mol. The van der Waals surface area contributed by atoms with Gasteiger partial charge >= 0.3 is 5.97 Å². The first kappa shape index (κ1) is 11.6. The highest BCUT2D eigenvalue weighted by Crippen LogP contribution is 2.41. The third kappa shape index (κ3) is 2.27. The van der Waals surface area contributed by atoms with E-state index < -0.39 is 11.9 Å². The summed E-state index contributed by atoms with van der Waals surface area (Å²) in [7, 11) is 0. The Balaban J connectivity index is 2.27. The van der Waals surface area contributed by atoms with Crippen LogP contribution in [-0.2, 0) is 11.2 Å². The van der Waals surface area contributed by atoms with Gasteiger partial charge in [-0.2, -0.15) is 0 Å². The van der Waals surface area contributed by atoms with Crippen LogP contribution in [0.5, 0.6) is 17.2 Å². The molecule has 0 spiro atoms. The first-order chi connectivity index (χ1) is 8.09. The molecule has 2 N–H and O–H groups in total. The minimum absolute atomic E-state index is 0.0182. The van der Waals surface area contributed by atoms with Gasteiger partial charge in [0.05, 0.1) is 5.92 Å². The average molecular weight is 238 g/mol. The Morgan fingerprint density at radius 1 is 1.41 bits per heavy atom. The van der Waals surface area contributed by atoms with Crippen molar-refractivity contribution in [2.45, 2.75) is 13.3 Å². The summed E-state index contributed by atoms with van der Waals surface area (Å²) < 4.78 is 10.6. The number of hydrogen-bond donors (Lipinski definition) is 2. The molecule has 17 heavy (non-hydrogen) atoms. The number of aliphatic carboxylic acids is 1. The predicted octanol–water partition coefficient (Wildman–Crippen LogP) is 1.43. The molecule has 1 unspecified atom stereocenters. The molecule has 1 aliphatic heterocycles. The molecule has 0 fully saturated rings. The van der Waals surface area contributed by atoms with Gasteiger partial charge in [-0.3, -0.25) is 4.79 Å². The number of rotatable bonds is 3. The average Bonchev–Trinajstić information content (AvgIpc) is 2.33. The molecule has 1 atom stereocenters. The molecule has 0 saturated heterocycles. The fraction of sp³-hybridized carbons (Fsp3) is 0.417. The zero-order valence-electron chi connectivity index (χ0n) is 9.47. The summed E-state index contributed by atoms with van der Waals surface area (Å²) >= 11 is 0. The highest BCUT2D eigenvalue weighted by molar-refractivity contribution is 5.70. The molecule has 5 nitrogen and oxygen atoms in total. The molecule has 92 valence electrons. The van der Waals surface area contributed by atoms with E-state index in [0.29, 0.717) is 30.3 Å². The summed E-state index contributed by atoms with van der Waals surface area (Å²) in [4.78, 5) is 10.8. The number of phenolic OH excluding ortho intramolecular Hbond substituents is 1. The second-order valence-corrected chi connectivity index (χ2v) is 4.04. The number of carbonyl (C=O) groups is 1. The van der Waals surface area contributed by atoms with Crippen molar-refractivity contribution in [2.24, 2.45) is 5.92 Å². The number of phenols is 1. The van der Waals surface area contributed by atoms with E-state index in [1.165, 1.54) is 0 Å². The van der Waals surface area contributed by atoms with Crippen LogP contribution in [0.2, 0.25) is 0 Å². The fourth-order valence-corrected chi connectivity index (χ4v) is 1.72.